The number of amides is 1. The second-order valence-electron chi connectivity index (χ2n) is 6.05. The number of nitrogens with one attached hydrogen (secondary N) is 1. The minimum atomic E-state index is -0.0861. The highest BCUT2D eigenvalue weighted by Gasteiger charge is 2.19. The third-order valence-electron chi connectivity index (χ3n) is 4.15. The molecule has 1 saturated heterocycles. The molecule has 0 atom stereocenters. The predicted molar refractivity (Wildman–Crippen MR) is 94.4 cm³/mol. The summed E-state index contributed by atoms with van der Waals surface area (Å²) in [6.45, 7) is 5.96. The number of aromatic nitrogens is 1. The van der Waals surface area contributed by atoms with Gasteiger partial charge in [0.15, 0.2) is 0 Å². The molecular formula is C18H22N4O2. The zero-order valence-corrected chi connectivity index (χ0v) is 13.8. The number of rotatable bonds is 4. The topological polar surface area (TPSA) is 68.7 Å². The molecule has 1 aliphatic rings. The van der Waals surface area contributed by atoms with Gasteiger partial charge in [0, 0.05) is 31.9 Å². The molecule has 1 aromatic heterocycles. The number of piperazine rings is 1. The molecule has 0 unspecified atom stereocenters. The van der Waals surface area contributed by atoms with Gasteiger partial charge in [-0.25, -0.2) is 4.98 Å². The van der Waals surface area contributed by atoms with Crippen LogP contribution in [0.2, 0.25) is 0 Å². The lowest BCUT2D eigenvalue weighted by Gasteiger charge is -2.35. The van der Waals surface area contributed by atoms with Crippen molar-refractivity contribution in [3.63, 3.8) is 0 Å². The number of carbonyl (C=O) groups excluding carboxylic acids is 1. The van der Waals surface area contributed by atoms with Crippen LogP contribution in [-0.2, 0) is 4.79 Å². The molecule has 1 amide bonds. The molecule has 0 bridgehead atoms. The molecule has 24 heavy (non-hydrogen) atoms. The van der Waals surface area contributed by atoms with Crippen LogP contribution in [0.5, 0.6) is 5.75 Å². The summed E-state index contributed by atoms with van der Waals surface area (Å²) >= 11 is 0. The highest BCUT2D eigenvalue weighted by Crippen LogP contribution is 2.17. The number of benzene rings is 1. The van der Waals surface area contributed by atoms with Gasteiger partial charge in [0.05, 0.1) is 12.7 Å². The van der Waals surface area contributed by atoms with Gasteiger partial charge < -0.3 is 15.3 Å². The molecule has 6 heteroatoms. The minimum absolute atomic E-state index is 0.0835. The Morgan fingerprint density at radius 2 is 1.83 bits per heavy atom. The summed E-state index contributed by atoms with van der Waals surface area (Å²) in [7, 11) is 0. The van der Waals surface area contributed by atoms with Crippen molar-refractivity contribution in [1.82, 2.24) is 9.88 Å². The number of pyridine rings is 1. The molecular weight excluding hydrogens is 304 g/mol. The molecule has 0 radical (unpaired) electrons. The Labute approximate surface area is 141 Å². The smallest absolute Gasteiger partial charge is 0.239 e. The van der Waals surface area contributed by atoms with E-state index in [1.807, 2.05) is 0 Å². The van der Waals surface area contributed by atoms with Crippen LogP contribution in [0, 0.1) is 6.92 Å². The lowest BCUT2D eigenvalue weighted by Crippen LogP contribution is -2.48. The van der Waals surface area contributed by atoms with Gasteiger partial charge in [0.2, 0.25) is 5.91 Å². The van der Waals surface area contributed by atoms with E-state index in [0.29, 0.717) is 12.4 Å². The van der Waals surface area contributed by atoms with Gasteiger partial charge in [-0.3, -0.25) is 9.69 Å². The minimum Gasteiger partial charge on any atom is -0.506 e. The second-order valence-corrected chi connectivity index (χ2v) is 6.05. The number of anilines is 2. The van der Waals surface area contributed by atoms with Crippen LogP contribution in [0.3, 0.4) is 0 Å². The van der Waals surface area contributed by atoms with E-state index in [0.717, 1.165) is 26.2 Å². The van der Waals surface area contributed by atoms with Crippen LogP contribution in [-0.4, -0.2) is 53.6 Å². The highest BCUT2D eigenvalue weighted by atomic mass is 16.3. The van der Waals surface area contributed by atoms with E-state index < -0.39 is 0 Å². The molecule has 1 aliphatic heterocycles. The zero-order valence-electron chi connectivity index (χ0n) is 13.8. The number of aryl methyl sites for hydroxylation is 1. The van der Waals surface area contributed by atoms with Crippen molar-refractivity contribution in [2.24, 2.45) is 0 Å². The summed E-state index contributed by atoms with van der Waals surface area (Å²) in [6, 6.07) is 11.6. The molecule has 1 fully saturated rings. The fourth-order valence-electron chi connectivity index (χ4n) is 2.77. The first kappa shape index (κ1) is 16.3. The Morgan fingerprint density at radius 3 is 2.46 bits per heavy atom. The fraction of sp³-hybridized carbons (Fsp3) is 0.333. The van der Waals surface area contributed by atoms with E-state index in [1.165, 1.54) is 23.5 Å². The Hall–Kier alpha value is -2.60. The fourth-order valence-corrected chi connectivity index (χ4v) is 2.77. The summed E-state index contributed by atoms with van der Waals surface area (Å²) in [4.78, 5) is 20.5. The van der Waals surface area contributed by atoms with Crippen LogP contribution < -0.4 is 10.2 Å². The van der Waals surface area contributed by atoms with Gasteiger partial charge in [-0.05, 0) is 31.2 Å². The lowest BCUT2D eigenvalue weighted by molar-refractivity contribution is -0.117. The molecule has 1 aromatic carbocycles. The molecule has 2 aromatic rings. The predicted octanol–water partition coefficient (Wildman–Crippen LogP) is 1.86. The van der Waals surface area contributed by atoms with Gasteiger partial charge >= 0.3 is 0 Å². The highest BCUT2D eigenvalue weighted by molar-refractivity contribution is 5.91. The second kappa shape index (κ2) is 7.31. The van der Waals surface area contributed by atoms with Crippen molar-refractivity contribution in [3.8, 4) is 5.75 Å². The summed E-state index contributed by atoms with van der Waals surface area (Å²) < 4.78 is 0. The van der Waals surface area contributed by atoms with Gasteiger partial charge in [0.1, 0.15) is 11.6 Å². The first-order chi connectivity index (χ1) is 11.6. The van der Waals surface area contributed by atoms with Gasteiger partial charge in [-0.1, -0.05) is 17.7 Å². The third kappa shape index (κ3) is 4.23. The van der Waals surface area contributed by atoms with Crippen molar-refractivity contribution < 1.29 is 9.90 Å². The van der Waals surface area contributed by atoms with Gasteiger partial charge in [0.25, 0.3) is 0 Å². The maximum absolute atomic E-state index is 12.1. The Bertz CT molecular complexity index is 677. The Balaban J connectivity index is 1.47. The van der Waals surface area contributed by atoms with E-state index in [4.69, 9.17) is 0 Å². The third-order valence-corrected chi connectivity index (χ3v) is 4.15. The van der Waals surface area contributed by atoms with Gasteiger partial charge in [-0.15, -0.1) is 0 Å². The zero-order chi connectivity index (χ0) is 16.9. The average molecular weight is 326 g/mol. The van der Waals surface area contributed by atoms with E-state index in [9.17, 15) is 9.90 Å². The summed E-state index contributed by atoms with van der Waals surface area (Å²) in [5.74, 6) is 0.452. The molecule has 0 saturated carbocycles. The summed E-state index contributed by atoms with van der Waals surface area (Å²) in [5.41, 5.74) is 2.50. The molecule has 0 spiro atoms. The summed E-state index contributed by atoms with van der Waals surface area (Å²) in [6.07, 6.45) is 1.32. The maximum Gasteiger partial charge on any atom is 0.239 e. The first-order valence-corrected chi connectivity index (χ1v) is 8.09. The number of hydrogen-bond acceptors (Lipinski definition) is 5. The number of nitrogens with zero attached hydrogens (tertiary/aromatic N) is 3. The van der Waals surface area contributed by atoms with E-state index in [1.54, 1.807) is 6.07 Å². The Kier molecular flexibility index (Phi) is 4.96. The largest absolute Gasteiger partial charge is 0.506 e. The molecule has 6 nitrogen and oxygen atoms in total. The molecule has 2 N–H and O–H groups in total. The van der Waals surface area contributed by atoms with E-state index >= 15 is 0 Å². The maximum atomic E-state index is 12.1. The molecule has 3 rings (SSSR count). The molecule has 0 aliphatic carbocycles. The standard InChI is InChI=1S/C18H22N4O2/c1-14-2-4-15(5-3-14)22-10-8-21(9-11-22)13-18(24)20-17-7-6-16(23)12-19-17/h2-7,12,23H,8-11,13H2,1H3,(H,19,20,24). The first-order valence-electron chi connectivity index (χ1n) is 8.09. The molecule has 2 heterocycles. The normalized spacial score (nSPS) is 15.3. The molecule has 126 valence electrons. The van der Waals surface area contributed by atoms with Crippen LogP contribution in [0.1, 0.15) is 5.56 Å². The van der Waals surface area contributed by atoms with E-state index in [-0.39, 0.29) is 11.7 Å². The van der Waals surface area contributed by atoms with Crippen molar-refractivity contribution in [1.29, 1.82) is 0 Å². The van der Waals surface area contributed by atoms with Gasteiger partial charge in [-0.2, -0.15) is 0 Å². The van der Waals surface area contributed by atoms with Crippen LogP contribution in [0.25, 0.3) is 0 Å². The van der Waals surface area contributed by atoms with Crippen LogP contribution in [0.15, 0.2) is 42.6 Å². The quantitative estimate of drug-likeness (QED) is 0.897. The van der Waals surface area contributed by atoms with E-state index in [2.05, 4.69) is 51.3 Å². The Morgan fingerprint density at radius 1 is 1.12 bits per heavy atom. The van der Waals surface area contributed by atoms with Crippen molar-refractivity contribution in [2.75, 3.05) is 42.9 Å². The SMILES string of the molecule is Cc1ccc(N2CCN(CC(=O)Nc3ccc(O)cn3)CC2)cc1. The number of hydrogen-bond donors (Lipinski definition) is 2. The number of carbonyl (C=O) groups is 1. The number of aromatic hydroxyl groups is 1. The summed E-state index contributed by atoms with van der Waals surface area (Å²) in [5, 5.41) is 11.9. The van der Waals surface area contributed by atoms with Crippen LogP contribution >= 0.6 is 0 Å². The lowest BCUT2D eigenvalue weighted by atomic mass is 10.2. The monoisotopic (exact) mass is 326 g/mol. The van der Waals surface area contributed by atoms with Crippen molar-refractivity contribution in [3.05, 3.63) is 48.2 Å². The average Bonchev–Trinajstić information content (AvgIpc) is 2.58. The van der Waals surface area contributed by atoms with Crippen LogP contribution in [0.4, 0.5) is 11.5 Å². The van der Waals surface area contributed by atoms with Crippen molar-refractivity contribution in [2.45, 2.75) is 6.92 Å². The van der Waals surface area contributed by atoms with Crippen molar-refractivity contribution >= 4 is 17.4 Å².